The zero-order chi connectivity index (χ0) is 13.8. The summed E-state index contributed by atoms with van der Waals surface area (Å²) in [7, 11) is -0.319. The van der Waals surface area contributed by atoms with E-state index in [2.05, 4.69) is 33.1 Å². The van der Waals surface area contributed by atoms with Gasteiger partial charge in [0.2, 0.25) is 0 Å². The van der Waals surface area contributed by atoms with Crippen molar-refractivity contribution in [3.63, 3.8) is 0 Å². The summed E-state index contributed by atoms with van der Waals surface area (Å²) in [5, 5.41) is 3.23. The Hall–Kier alpha value is -1.04. The summed E-state index contributed by atoms with van der Waals surface area (Å²) in [6, 6.07) is 5.96. The molecule has 100 valence electrons. The third-order valence-electron chi connectivity index (χ3n) is 4.13. The van der Waals surface area contributed by atoms with Crippen LogP contribution in [0.3, 0.4) is 0 Å². The fourth-order valence-electron chi connectivity index (χ4n) is 2.22. The van der Waals surface area contributed by atoms with E-state index in [1.807, 2.05) is 18.2 Å². The summed E-state index contributed by atoms with van der Waals surface area (Å²) in [6.07, 6.45) is 0. The highest BCUT2D eigenvalue weighted by atomic mass is 32.1. The fraction of sp³-hybridized carbons (Fsp3) is 0.429. The van der Waals surface area contributed by atoms with Gasteiger partial charge in [0.05, 0.1) is 11.2 Å². The van der Waals surface area contributed by atoms with E-state index in [-0.39, 0.29) is 18.3 Å². The molecule has 0 aliphatic carbocycles. The zero-order valence-corrected chi connectivity index (χ0v) is 12.5. The van der Waals surface area contributed by atoms with Gasteiger partial charge in [0.15, 0.2) is 0 Å². The number of thiophene rings is 1. The van der Waals surface area contributed by atoms with Gasteiger partial charge in [0, 0.05) is 15.9 Å². The Morgan fingerprint density at radius 2 is 1.74 bits per heavy atom. The molecule has 0 spiro atoms. The van der Waals surface area contributed by atoms with E-state index < -0.39 is 0 Å². The number of benzene rings is 1. The molecule has 0 amide bonds. The highest BCUT2D eigenvalue weighted by Gasteiger charge is 2.52. The van der Waals surface area contributed by atoms with E-state index in [4.69, 9.17) is 15.0 Å². The first-order valence-electron chi connectivity index (χ1n) is 6.42. The molecule has 1 saturated heterocycles. The quantitative estimate of drug-likeness (QED) is 0.643. The molecule has 2 N–H and O–H groups in total. The van der Waals surface area contributed by atoms with Crippen LogP contribution in [0, 0.1) is 0 Å². The number of hydrogen-bond acceptors (Lipinski definition) is 4. The topological polar surface area (TPSA) is 44.5 Å². The monoisotopic (exact) mass is 275 g/mol. The van der Waals surface area contributed by atoms with Crippen molar-refractivity contribution in [1.29, 1.82) is 0 Å². The molecule has 1 fully saturated rings. The third-order valence-corrected chi connectivity index (χ3v) is 5.12. The number of fused-ring (bicyclic) bond motifs is 1. The van der Waals surface area contributed by atoms with Crippen molar-refractivity contribution >= 4 is 39.7 Å². The Balaban J connectivity index is 2.05. The lowest BCUT2D eigenvalue weighted by atomic mass is 9.79. The van der Waals surface area contributed by atoms with Crippen LogP contribution >= 0.6 is 11.3 Å². The van der Waals surface area contributed by atoms with Gasteiger partial charge in [-0.25, -0.2) is 0 Å². The lowest BCUT2D eigenvalue weighted by Crippen LogP contribution is -2.41. The molecule has 0 atom stereocenters. The van der Waals surface area contributed by atoms with Crippen LogP contribution in [-0.4, -0.2) is 18.3 Å². The Labute approximate surface area is 117 Å². The Bertz CT molecular complexity index is 619. The molecule has 1 aromatic carbocycles. The molecule has 0 radical (unpaired) electrons. The van der Waals surface area contributed by atoms with Crippen LogP contribution in [-0.2, 0) is 9.31 Å². The zero-order valence-electron chi connectivity index (χ0n) is 11.7. The van der Waals surface area contributed by atoms with Crippen molar-refractivity contribution in [2.24, 2.45) is 0 Å². The van der Waals surface area contributed by atoms with Crippen molar-refractivity contribution in [3.05, 3.63) is 23.6 Å². The second-order valence-corrected chi connectivity index (χ2v) is 6.95. The molecule has 1 aromatic heterocycles. The largest absolute Gasteiger partial charge is 0.496 e. The second kappa shape index (κ2) is 3.98. The Morgan fingerprint density at radius 1 is 1.11 bits per heavy atom. The summed E-state index contributed by atoms with van der Waals surface area (Å²) >= 11 is 1.69. The maximum atomic E-state index is 6.10. The van der Waals surface area contributed by atoms with Gasteiger partial charge in [-0.2, -0.15) is 0 Å². The van der Waals surface area contributed by atoms with Crippen molar-refractivity contribution in [2.75, 3.05) is 5.73 Å². The van der Waals surface area contributed by atoms with Gasteiger partial charge in [-0.15, -0.1) is 11.3 Å². The van der Waals surface area contributed by atoms with Crippen molar-refractivity contribution in [3.8, 4) is 0 Å². The molecule has 5 heteroatoms. The first-order valence-corrected chi connectivity index (χ1v) is 7.30. The number of anilines is 1. The number of rotatable bonds is 1. The average molecular weight is 275 g/mol. The normalized spacial score (nSPS) is 21.2. The lowest BCUT2D eigenvalue weighted by molar-refractivity contribution is 0.00578. The number of nitrogen functional groups attached to an aromatic ring is 1. The van der Waals surface area contributed by atoms with Gasteiger partial charge in [0.1, 0.15) is 0 Å². The lowest BCUT2D eigenvalue weighted by Gasteiger charge is -2.32. The third kappa shape index (κ3) is 1.97. The second-order valence-electron chi connectivity index (χ2n) is 6.03. The maximum Gasteiger partial charge on any atom is 0.496 e. The van der Waals surface area contributed by atoms with E-state index in [0.717, 1.165) is 16.5 Å². The molecule has 1 aliphatic heterocycles. The molecule has 3 rings (SSSR count). The molecule has 2 aromatic rings. The van der Waals surface area contributed by atoms with Gasteiger partial charge < -0.3 is 15.0 Å². The minimum absolute atomic E-state index is 0.313. The van der Waals surface area contributed by atoms with Crippen LogP contribution in [0.25, 0.3) is 10.1 Å². The minimum Gasteiger partial charge on any atom is -0.399 e. The van der Waals surface area contributed by atoms with Gasteiger partial charge in [0.25, 0.3) is 0 Å². The summed E-state index contributed by atoms with van der Waals surface area (Å²) in [6.45, 7) is 8.26. The van der Waals surface area contributed by atoms with Gasteiger partial charge in [-0.05, 0) is 56.7 Å². The minimum atomic E-state index is -0.319. The Morgan fingerprint density at radius 3 is 2.37 bits per heavy atom. The standard InChI is InChI=1S/C14H18BNO2S/c1-13(2)14(3,4)18-15(17-13)11-8-19-12-6-5-9(16)7-10(11)12/h5-8H,16H2,1-4H3. The molecule has 3 nitrogen and oxygen atoms in total. The molecule has 1 aliphatic rings. The van der Waals surface area contributed by atoms with E-state index in [1.165, 1.54) is 4.70 Å². The molecular weight excluding hydrogens is 257 g/mol. The van der Waals surface area contributed by atoms with Crippen molar-refractivity contribution in [2.45, 2.75) is 38.9 Å². The fourth-order valence-corrected chi connectivity index (χ4v) is 3.16. The smallest absolute Gasteiger partial charge is 0.399 e. The highest BCUT2D eigenvalue weighted by Crippen LogP contribution is 2.37. The first-order chi connectivity index (χ1) is 8.80. The molecule has 0 bridgehead atoms. The first kappa shape index (κ1) is 13.0. The van der Waals surface area contributed by atoms with E-state index in [9.17, 15) is 0 Å². The molecule has 0 unspecified atom stereocenters. The summed E-state index contributed by atoms with van der Waals surface area (Å²) < 4.78 is 13.4. The summed E-state index contributed by atoms with van der Waals surface area (Å²) in [5.74, 6) is 0. The van der Waals surface area contributed by atoms with Gasteiger partial charge >= 0.3 is 7.12 Å². The summed E-state index contributed by atoms with van der Waals surface area (Å²) in [5.41, 5.74) is 7.10. The summed E-state index contributed by atoms with van der Waals surface area (Å²) in [4.78, 5) is 0. The van der Waals surface area contributed by atoms with Crippen molar-refractivity contribution < 1.29 is 9.31 Å². The number of hydrogen-bond donors (Lipinski definition) is 1. The highest BCUT2D eigenvalue weighted by molar-refractivity contribution is 7.18. The molecule has 0 saturated carbocycles. The predicted octanol–water partition coefficient (Wildman–Crippen LogP) is 2.78. The van der Waals surface area contributed by atoms with Crippen LogP contribution in [0.4, 0.5) is 5.69 Å². The molecule has 19 heavy (non-hydrogen) atoms. The molecular formula is C14H18BNO2S. The van der Waals surface area contributed by atoms with Crippen LogP contribution in [0.5, 0.6) is 0 Å². The molecule has 2 heterocycles. The van der Waals surface area contributed by atoms with E-state index in [1.54, 1.807) is 11.3 Å². The van der Waals surface area contributed by atoms with Crippen LogP contribution < -0.4 is 11.2 Å². The van der Waals surface area contributed by atoms with Crippen molar-refractivity contribution in [1.82, 2.24) is 0 Å². The van der Waals surface area contributed by atoms with Crippen LogP contribution in [0.2, 0.25) is 0 Å². The van der Waals surface area contributed by atoms with E-state index in [0.29, 0.717) is 0 Å². The van der Waals surface area contributed by atoms with Gasteiger partial charge in [-0.1, -0.05) is 0 Å². The van der Waals surface area contributed by atoms with Crippen LogP contribution in [0.15, 0.2) is 23.6 Å². The van der Waals surface area contributed by atoms with E-state index >= 15 is 0 Å². The maximum absolute atomic E-state index is 6.10. The van der Waals surface area contributed by atoms with Crippen LogP contribution in [0.1, 0.15) is 27.7 Å². The average Bonchev–Trinajstić information content (AvgIpc) is 2.77. The van der Waals surface area contributed by atoms with Gasteiger partial charge in [-0.3, -0.25) is 0 Å². The Kier molecular flexibility index (Phi) is 2.72. The SMILES string of the molecule is CC1(C)OB(c2csc3ccc(N)cc23)OC1(C)C. The number of nitrogens with two attached hydrogens (primary N) is 1. The predicted molar refractivity (Wildman–Crippen MR) is 82.0 cm³/mol.